The van der Waals surface area contributed by atoms with E-state index in [-0.39, 0.29) is 29.6 Å². The average molecular weight is 634 g/mol. The minimum atomic E-state index is -5.05. The number of alkyl halides is 6. The summed E-state index contributed by atoms with van der Waals surface area (Å²) in [5, 5.41) is 20.5. The van der Waals surface area contributed by atoms with Crippen LogP contribution in [-0.4, -0.2) is 59.1 Å². The highest BCUT2D eigenvalue weighted by atomic mass is 35.5. The number of ether oxygens (including phenoxy) is 1. The Morgan fingerprint density at radius 2 is 1.74 bits per heavy atom. The lowest BCUT2D eigenvalue weighted by Gasteiger charge is -2.15. The molecular formula is C25H22ClF6N7O4. The number of aliphatic hydroxyl groups is 1. The standard InChI is InChI=1S/C25H22ClF6N7O4/c1-2-33-22(41)43-13-20-34-19(35-39(20)17-6-4-3-5-16(17)24(27,28)29)12-38-23(42)37(11-18(40)25(30,31)32)21(36-38)14-7-9-15(26)10-8-14/h3-10,18,40H,2,11-13H2,1H3,(H,33,41)/t18-/m0/s1. The number of nitrogens with one attached hydrogen (secondary N) is 1. The molecule has 0 spiro atoms. The van der Waals surface area contributed by atoms with E-state index < -0.39 is 61.2 Å². The van der Waals surface area contributed by atoms with E-state index in [1.54, 1.807) is 6.92 Å². The maximum Gasteiger partial charge on any atom is 0.418 e. The molecule has 0 radical (unpaired) electrons. The molecule has 1 amide bonds. The molecule has 4 rings (SSSR count). The Bertz CT molecular complexity index is 1650. The van der Waals surface area contributed by atoms with Gasteiger partial charge < -0.3 is 15.2 Å². The van der Waals surface area contributed by atoms with Gasteiger partial charge in [-0.3, -0.25) is 4.57 Å². The summed E-state index contributed by atoms with van der Waals surface area (Å²) in [5.74, 6) is -0.792. The second-order valence-corrected chi connectivity index (χ2v) is 9.35. The fourth-order valence-electron chi connectivity index (χ4n) is 3.90. The highest BCUT2D eigenvalue weighted by Crippen LogP contribution is 2.34. The highest BCUT2D eigenvalue weighted by Gasteiger charge is 2.39. The van der Waals surface area contributed by atoms with Crippen LogP contribution in [0.5, 0.6) is 0 Å². The van der Waals surface area contributed by atoms with Crippen molar-refractivity contribution in [2.75, 3.05) is 6.54 Å². The van der Waals surface area contributed by atoms with Crippen molar-refractivity contribution in [1.82, 2.24) is 34.4 Å². The Morgan fingerprint density at radius 3 is 2.37 bits per heavy atom. The minimum absolute atomic E-state index is 0.184. The molecule has 0 aliphatic heterocycles. The summed E-state index contributed by atoms with van der Waals surface area (Å²) in [6.07, 6.45) is -13.6. The minimum Gasteiger partial charge on any atom is -0.441 e. The van der Waals surface area contributed by atoms with E-state index in [0.717, 1.165) is 22.9 Å². The number of carbonyl (C=O) groups excluding carboxylic acids is 1. The van der Waals surface area contributed by atoms with Gasteiger partial charge in [0.2, 0.25) is 0 Å². The first kappa shape index (κ1) is 31.6. The zero-order valence-corrected chi connectivity index (χ0v) is 22.8. The highest BCUT2D eigenvalue weighted by molar-refractivity contribution is 6.30. The normalized spacial score (nSPS) is 12.8. The topological polar surface area (TPSA) is 129 Å². The Morgan fingerprint density at radius 1 is 1.07 bits per heavy atom. The number of aliphatic hydroxyl groups excluding tert-OH is 1. The van der Waals surface area contributed by atoms with Crippen LogP contribution in [-0.2, 0) is 30.6 Å². The van der Waals surface area contributed by atoms with Crippen LogP contribution < -0.4 is 11.0 Å². The monoisotopic (exact) mass is 633 g/mol. The van der Waals surface area contributed by atoms with Gasteiger partial charge in [0.15, 0.2) is 30.2 Å². The van der Waals surface area contributed by atoms with Gasteiger partial charge in [-0.05, 0) is 43.3 Å². The molecule has 0 aliphatic rings. The van der Waals surface area contributed by atoms with Crippen molar-refractivity contribution in [2.45, 2.75) is 45.1 Å². The number of halogens is 7. The SMILES string of the molecule is CCNC(=O)OCc1nc(Cn2nc(-c3ccc(Cl)cc3)n(C[C@H](O)C(F)(F)F)c2=O)nn1-c1ccccc1C(F)(F)F. The first-order valence-corrected chi connectivity index (χ1v) is 12.8. The van der Waals surface area contributed by atoms with Crippen molar-refractivity contribution in [1.29, 1.82) is 0 Å². The summed E-state index contributed by atoms with van der Waals surface area (Å²) in [6, 6.07) is 9.99. The van der Waals surface area contributed by atoms with Gasteiger partial charge in [-0.2, -0.15) is 26.3 Å². The van der Waals surface area contributed by atoms with Crippen LogP contribution in [0.15, 0.2) is 53.3 Å². The van der Waals surface area contributed by atoms with Crippen molar-refractivity contribution in [3.05, 3.63) is 81.3 Å². The fourth-order valence-corrected chi connectivity index (χ4v) is 4.03. The van der Waals surface area contributed by atoms with Gasteiger partial charge in [0, 0.05) is 17.1 Å². The van der Waals surface area contributed by atoms with Gasteiger partial charge in [0.25, 0.3) is 0 Å². The third-order valence-electron chi connectivity index (χ3n) is 5.86. The number of benzene rings is 2. The van der Waals surface area contributed by atoms with Crippen LogP contribution in [0.3, 0.4) is 0 Å². The summed E-state index contributed by atoms with van der Waals surface area (Å²) >= 11 is 5.89. The van der Waals surface area contributed by atoms with E-state index in [4.69, 9.17) is 16.3 Å². The Hall–Kier alpha value is -4.38. The predicted octanol–water partition coefficient (Wildman–Crippen LogP) is 4.18. The zero-order chi connectivity index (χ0) is 31.5. The van der Waals surface area contributed by atoms with Gasteiger partial charge in [0.1, 0.15) is 6.54 Å². The summed E-state index contributed by atoms with van der Waals surface area (Å²) in [7, 11) is 0. The van der Waals surface area contributed by atoms with Crippen LogP contribution in [0.25, 0.3) is 17.1 Å². The van der Waals surface area contributed by atoms with E-state index in [2.05, 4.69) is 20.5 Å². The maximum atomic E-state index is 13.8. The molecule has 43 heavy (non-hydrogen) atoms. The second-order valence-electron chi connectivity index (χ2n) is 8.92. The van der Waals surface area contributed by atoms with Crippen molar-refractivity contribution in [3.8, 4) is 17.1 Å². The molecule has 2 N–H and O–H groups in total. The first-order chi connectivity index (χ1) is 20.2. The molecule has 0 aliphatic carbocycles. The van der Waals surface area contributed by atoms with Gasteiger partial charge in [-0.25, -0.2) is 23.9 Å². The van der Waals surface area contributed by atoms with Crippen LogP contribution in [0, 0.1) is 0 Å². The molecule has 2 aromatic carbocycles. The van der Waals surface area contributed by atoms with Crippen molar-refractivity contribution < 1.29 is 41.0 Å². The number of rotatable bonds is 9. The second kappa shape index (κ2) is 12.5. The Labute approximate surface area is 243 Å². The van der Waals surface area contributed by atoms with Crippen LogP contribution in [0.4, 0.5) is 31.1 Å². The van der Waals surface area contributed by atoms with Gasteiger partial charge >= 0.3 is 24.1 Å². The number of carbonyl (C=O) groups is 1. The molecule has 0 bridgehead atoms. The summed E-state index contributed by atoms with van der Waals surface area (Å²) in [5.41, 5.74) is -2.46. The Balaban J connectivity index is 1.79. The lowest BCUT2D eigenvalue weighted by atomic mass is 10.1. The molecule has 230 valence electrons. The number of amides is 1. The third-order valence-corrected chi connectivity index (χ3v) is 6.11. The molecule has 4 aromatic rings. The van der Waals surface area contributed by atoms with Crippen molar-refractivity contribution in [3.63, 3.8) is 0 Å². The molecule has 11 nitrogen and oxygen atoms in total. The quantitative estimate of drug-likeness (QED) is 0.265. The molecule has 0 unspecified atom stereocenters. The van der Waals surface area contributed by atoms with E-state index in [0.29, 0.717) is 14.3 Å². The van der Waals surface area contributed by atoms with Crippen LogP contribution in [0.2, 0.25) is 5.02 Å². The number of hydrogen-bond acceptors (Lipinski definition) is 7. The first-order valence-electron chi connectivity index (χ1n) is 12.4. The van der Waals surface area contributed by atoms with E-state index in [1.165, 1.54) is 30.3 Å². The number of nitrogens with zero attached hydrogens (tertiary/aromatic N) is 6. The number of alkyl carbamates (subject to hydrolysis) is 1. The molecule has 0 saturated carbocycles. The van der Waals surface area contributed by atoms with Gasteiger partial charge in [0.05, 0.1) is 17.8 Å². The summed E-state index contributed by atoms with van der Waals surface area (Å²) in [6.45, 7) is -0.610. The molecule has 2 heterocycles. The van der Waals surface area contributed by atoms with Crippen molar-refractivity contribution in [2.24, 2.45) is 0 Å². The van der Waals surface area contributed by atoms with E-state index >= 15 is 0 Å². The molecule has 18 heteroatoms. The molecular weight excluding hydrogens is 612 g/mol. The zero-order valence-electron chi connectivity index (χ0n) is 22.0. The number of aromatic nitrogens is 6. The molecule has 0 fully saturated rings. The van der Waals surface area contributed by atoms with E-state index in [1.807, 2.05) is 0 Å². The molecule has 1 atom stereocenters. The van der Waals surface area contributed by atoms with Crippen LogP contribution in [0.1, 0.15) is 24.1 Å². The molecule has 2 aromatic heterocycles. The summed E-state index contributed by atoms with van der Waals surface area (Å²) in [4.78, 5) is 29.2. The lowest BCUT2D eigenvalue weighted by Crippen LogP contribution is -2.37. The van der Waals surface area contributed by atoms with Gasteiger partial charge in [-0.1, -0.05) is 23.7 Å². The number of hydrogen-bond donors (Lipinski definition) is 2. The van der Waals surface area contributed by atoms with Crippen molar-refractivity contribution >= 4 is 17.7 Å². The van der Waals surface area contributed by atoms with Crippen LogP contribution >= 0.6 is 11.6 Å². The number of para-hydroxylation sites is 1. The summed E-state index contributed by atoms with van der Waals surface area (Å²) < 4.78 is 87.9. The van der Waals surface area contributed by atoms with E-state index in [9.17, 15) is 41.0 Å². The third kappa shape index (κ3) is 7.34. The fraction of sp³-hybridized carbons (Fsp3) is 0.320. The average Bonchev–Trinajstić information content (AvgIpc) is 3.48. The Kier molecular flexibility index (Phi) is 9.15. The largest absolute Gasteiger partial charge is 0.441 e. The lowest BCUT2D eigenvalue weighted by molar-refractivity contribution is -0.207. The van der Waals surface area contributed by atoms with Gasteiger partial charge in [-0.15, -0.1) is 10.2 Å². The smallest absolute Gasteiger partial charge is 0.418 e. The predicted molar refractivity (Wildman–Crippen MR) is 138 cm³/mol. The maximum absolute atomic E-state index is 13.8. The molecule has 0 saturated heterocycles.